The van der Waals surface area contributed by atoms with E-state index in [2.05, 4.69) is 15.9 Å². The van der Waals surface area contributed by atoms with Crippen LogP contribution in [0.15, 0.2) is 53.0 Å². The van der Waals surface area contributed by atoms with Gasteiger partial charge in [0, 0.05) is 10.5 Å². The molecule has 0 atom stereocenters. The van der Waals surface area contributed by atoms with Crippen LogP contribution in [-0.4, -0.2) is 18.0 Å². The van der Waals surface area contributed by atoms with Crippen molar-refractivity contribution in [2.24, 2.45) is 0 Å². The summed E-state index contributed by atoms with van der Waals surface area (Å²) in [6, 6.07) is 12.2. The summed E-state index contributed by atoms with van der Waals surface area (Å²) >= 11 is 3.41. The number of aromatic hydroxyl groups is 1. The van der Waals surface area contributed by atoms with Crippen molar-refractivity contribution < 1.29 is 14.6 Å². The molecule has 2 aromatic rings. The monoisotopic (exact) mass is 332 g/mol. The van der Waals surface area contributed by atoms with Gasteiger partial charge in [-0.25, -0.2) is 0 Å². The second-order valence-corrected chi connectivity index (χ2v) is 4.96. The first-order chi connectivity index (χ1) is 9.61. The third kappa shape index (κ3) is 3.27. The van der Waals surface area contributed by atoms with Crippen LogP contribution < -0.4 is 4.74 Å². The van der Waals surface area contributed by atoms with Crippen molar-refractivity contribution in [2.45, 2.75) is 0 Å². The SMILES string of the molecule is COc1ccc(C(=O)/C=C/c2ccccc2Br)c(O)c1. The van der Waals surface area contributed by atoms with Gasteiger partial charge in [-0.3, -0.25) is 4.79 Å². The number of carbonyl (C=O) groups excluding carboxylic acids is 1. The largest absolute Gasteiger partial charge is 0.507 e. The Balaban J connectivity index is 2.22. The molecule has 0 unspecified atom stereocenters. The van der Waals surface area contributed by atoms with Crippen LogP contribution >= 0.6 is 15.9 Å². The van der Waals surface area contributed by atoms with Gasteiger partial charge < -0.3 is 9.84 Å². The standard InChI is InChI=1S/C16H13BrO3/c1-20-12-7-8-13(16(19)10-12)15(18)9-6-11-4-2-3-5-14(11)17/h2-10,19H,1H3/b9-6+. The highest BCUT2D eigenvalue weighted by atomic mass is 79.9. The summed E-state index contributed by atoms with van der Waals surface area (Å²) in [5, 5.41) is 9.80. The summed E-state index contributed by atoms with van der Waals surface area (Å²) in [4.78, 5) is 12.0. The van der Waals surface area contributed by atoms with Gasteiger partial charge >= 0.3 is 0 Å². The fourth-order valence-electron chi connectivity index (χ4n) is 1.71. The van der Waals surface area contributed by atoms with Crippen molar-refractivity contribution in [1.29, 1.82) is 0 Å². The molecule has 3 nitrogen and oxygen atoms in total. The topological polar surface area (TPSA) is 46.5 Å². The molecule has 0 heterocycles. The van der Waals surface area contributed by atoms with E-state index in [0.717, 1.165) is 10.0 Å². The Morgan fingerprint density at radius 1 is 1.25 bits per heavy atom. The van der Waals surface area contributed by atoms with E-state index in [1.807, 2.05) is 24.3 Å². The molecule has 0 saturated heterocycles. The molecule has 0 saturated carbocycles. The van der Waals surface area contributed by atoms with Crippen molar-refractivity contribution in [3.05, 3.63) is 64.1 Å². The first-order valence-electron chi connectivity index (χ1n) is 5.96. The molecular formula is C16H13BrO3. The number of methoxy groups -OCH3 is 1. The number of halogens is 1. The number of hydrogen-bond donors (Lipinski definition) is 1. The number of rotatable bonds is 4. The first-order valence-corrected chi connectivity index (χ1v) is 6.75. The fourth-order valence-corrected chi connectivity index (χ4v) is 2.13. The predicted molar refractivity (Wildman–Crippen MR) is 82.2 cm³/mol. The Bertz CT molecular complexity index is 663. The van der Waals surface area contributed by atoms with Gasteiger partial charge in [-0.2, -0.15) is 0 Å². The summed E-state index contributed by atoms with van der Waals surface area (Å²) in [5.74, 6) is 0.154. The van der Waals surface area contributed by atoms with E-state index < -0.39 is 0 Å². The van der Waals surface area contributed by atoms with Crippen molar-refractivity contribution >= 4 is 27.8 Å². The number of carbonyl (C=O) groups is 1. The molecule has 2 rings (SSSR count). The van der Waals surface area contributed by atoms with Gasteiger partial charge in [-0.15, -0.1) is 0 Å². The molecule has 2 aromatic carbocycles. The lowest BCUT2D eigenvalue weighted by atomic mass is 10.1. The average Bonchev–Trinajstić information content (AvgIpc) is 2.46. The summed E-state index contributed by atoms with van der Waals surface area (Å²) in [6.07, 6.45) is 3.14. The molecule has 0 amide bonds. The minimum atomic E-state index is -0.263. The van der Waals surface area contributed by atoms with Crippen LogP contribution in [0.2, 0.25) is 0 Å². The molecule has 0 fully saturated rings. The van der Waals surface area contributed by atoms with Crippen LogP contribution in [0.5, 0.6) is 11.5 Å². The molecule has 0 aliphatic rings. The molecule has 0 aliphatic carbocycles. The molecule has 0 radical (unpaired) electrons. The van der Waals surface area contributed by atoms with Gasteiger partial charge in [0.15, 0.2) is 5.78 Å². The normalized spacial score (nSPS) is 10.7. The number of hydrogen-bond acceptors (Lipinski definition) is 3. The van der Waals surface area contributed by atoms with Crippen molar-refractivity contribution in [3.63, 3.8) is 0 Å². The molecule has 1 N–H and O–H groups in total. The van der Waals surface area contributed by atoms with E-state index in [9.17, 15) is 9.90 Å². The maximum atomic E-state index is 12.0. The molecule has 4 heteroatoms. The summed E-state index contributed by atoms with van der Waals surface area (Å²) in [6.45, 7) is 0. The summed E-state index contributed by atoms with van der Waals surface area (Å²) < 4.78 is 5.88. The Kier molecular flexibility index (Phi) is 4.58. The van der Waals surface area contributed by atoms with E-state index in [4.69, 9.17) is 4.74 Å². The quantitative estimate of drug-likeness (QED) is 0.678. The highest BCUT2D eigenvalue weighted by Gasteiger charge is 2.09. The second kappa shape index (κ2) is 6.39. The van der Waals surface area contributed by atoms with Gasteiger partial charge in [0.2, 0.25) is 0 Å². The minimum absolute atomic E-state index is 0.0915. The molecule has 0 bridgehead atoms. The van der Waals surface area contributed by atoms with Gasteiger partial charge in [0.25, 0.3) is 0 Å². The molecule has 0 aliphatic heterocycles. The Morgan fingerprint density at radius 2 is 2.00 bits per heavy atom. The predicted octanol–water partition coefficient (Wildman–Crippen LogP) is 4.06. The Morgan fingerprint density at radius 3 is 2.65 bits per heavy atom. The zero-order valence-electron chi connectivity index (χ0n) is 10.8. The highest BCUT2D eigenvalue weighted by molar-refractivity contribution is 9.10. The zero-order chi connectivity index (χ0) is 14.5. The van der Waals surface area contributed by atoms with Gasteiger partial charge in [0.05, 0.1) is 12.7 Å². The fraction of sp³-hybridized carbons (Fsp3) is 0.0625. The van der Waals surface area contributed by atoms with Crippen LogP contribution in [-0.2, 0) is 0 Å². The third-order valence-electron chi connectivity index (χ3n) is 2.79. The molecule has 0 aromatic heterocycles. The summed E-state index contributed by atoms with van der Waals surface area (Å²) in [5.41, 5.74) is 1.14. The number of ether oxygens (including phenoxy) is 1. The van der Waals surface area contributed by atoms with Crippen LogP contribution in [0.3, 0.4) is 0 Å². The number of phenolic OH excluding ortho intramolecular Hbond substituents is 1. The van der Waals surface area contributed by atoms with Crippen LogP contribution in [0, 0.1) is 0 Å². The lowest BCUT2D eigenvalue weighted by Gasteiger charge is -2.04. The first kappa shape index (κ1) is 14.3. The average molecular weight is 333 g/mol. The second-order valence-electron chi connectivity index (χ2n) is 4.10. The zero-order valence-corrected chi connectivity index (χ0v) is 12.4. The molecule has 0 spiro atoms. The van der Waals surface area contributed by atoms with E-state index in [-0.39, 0.29) is 17.1 Å². The van der Waals surface area contributed by atoms with Gasteiger partial charge in [-0.05, 0) is 35.9 Å². The maximum absolute atomic E-state index is 12.0. The third-order valence-corrected chi connectivity index (χ3v) is 3.51. The Hall–Kier alpha value is -2.07. The lowest BCUT2D eigenvalue weighted by molar-refractivity contribution is 0.104. The Labute approximate surface area is 125 Å². The minimum Gasteiger partial charge on any atom is -0.507 e. The number of phenols is 1. The van der Waals surface area contributed by atoms with E-state index >= 15 is 0 Å². The molecule has 102 valence electrons. The smallest absolute Gasteiger partial charge is 0.189 e. The lowest BCUT2D eigenvalue weighted by Crippen LogP contribution is -1.95. The van der Waals surface area contributed by atoms with Crippen LogP contribution in [0.1, 0.15) is 15.9 Å². The van der Waals surface area contributed by atoms with E-state index in [0.29, 0.717) is 5.75 Å². The van der Waals surface area contributed by atoms with Crippen molar-refractivity contribution in [1.82, 2.24) is 0 Å². The van der Waals surface area contributed by atoms with Crippen LogP contribution in [0.25, 0.3) is 6.08 Å². The van der Waals surface area contributed by atoms with Gasteiger partial charge in [-0.1, -0.05) is 34.1 Å². The van der Waals surface area contributed by atoms with Crippen molar-refractivity contribution in [3.8, 4) is 11.5 Å². The van der Waals surface area contributed by atoms with E-state index in [1.165, 1.54) is 19.3 Å². The van der Waals surface area contributed by atoms with Gasteiger partial charge in [0.1, 0.15) is 11.5 Å². The maximum Gasteiger partial charge on any atom is 0.189 e. The van der Waals surface area contributed by atoms with Crippen LogP contribution in [0.4, 0.5) is 0 Å². The van der Waals surface area contributed by atoms with E-state index in [1.54, 1.807) is 18.2 Å². The molecular weight excluding hydrogens is 320 g/mol. The van der Waals surface area contributed by atoms with Crippen molar-refractivity contribution in [2.75, 3.05) is 7.11 Å². The summed E-state index contributed by atoms with van der Waals surface area (Å²) in [7, 11) is 1.50. The highest BCUT2D eigenvalue weighted by Crippen LogP contribution is 2.24. The number of benzene rings is 2. The molecule has 20 heavy (non-hydrogen) atoms. The number of allylic oxidation sites excluding steroid dienone is 1. The number of ketones is 1.